The zero-order valence-electron chi connectivity index (χ0n) is 14.3. The number of nitrogens with zero attached hydrogens (tertiary/aromatic N) is 1. The van der Waals surface area contributed by atoms with Gasteiger partial charge in [0, 0.05) is 37.1 Å². The quantitative estimate of drug-likeness (QED) is 0.211. The minimum atomic E-state index is -0.182. The Hall–Kier alpha value is -0.900. The van der Waals surface area contributed by atoms with Crippen molar-refractivity contribution in [3.63, 3.8) is 0 Å². The van der Waals surface area contributed by atoms with Gasteiger partial charge in [-0.1, -0.05) is 22.0 Å². The van der Waals surface area contributed by atoms with Gasteiger partial charge in [-0.3, -0.25) is 9.79 Å². The molecule has 0 aliphatic heterocycles. The Morgan fingerprint density at radius 1 is 1.24 bits per heavy atom. The first kappa shape index (κ1) is 22.1. The summed E-state index contributed by atoms with van der Waals surface area (Å²) in [5.41, 5.74) is 0.714. The normalized spacial score (nSPS) is 13.8. The number of aliphatic imine (C=N–C) groups is 1. The first-order chi connectivity index (χ1) is 11.6. The predicted octanol–water partition coefficient (Wildman–Crippen LogP) is 2.83. The summed E-state index contributed by atoms with van der Waals surface area (Å²) in [4.78, 5) is 15.6. The molecule has 140 valence electrons. The van der Waals surface area contributed by atoms with Crippen LogP contribution >= 0.6 is 39.9 Å². The van der Waals surface area contributed by atoms with Crippen molar-refractivity contribution in [2.75, 3.05) is 26.7 Å². The van der Waals surface area contributed by atoms with Crippen LogP contribution in [0.15, 0.2) is 27.7 Å². The van der Waals surface area contributed by atoms with Crippen LogP contribution < -0.4 is 16.0 Å². The average molecular weight is 527 g/mol. The lowest BCUT2D eigenvalue weighted by molar-refractivity contribution is -0.122. The molecule has 25 heavy (non-hydrogen) atoms. The monoisotopic (exact) mass is 526 g/mol. The van der Waals surface area contributed by atoms with E-state index in [-0.39, 0.29) is 41.6 Å². The van der Waals surface area contributed by atoms with Crippen molar-refractivity contribution >= 4 is 51.8 Å². The first-order valence-electron chi connectivity index (χ1n) is 8.26. The third-order valence-electron chi connectivity index (χ3n) is 3.82. The van der Waals surface area contributed by atoms with Gasteiger partial charge in [0.15, 0.2) is 5.96 Å². The Kier molecular flexibility index (Phi) is 10.3. The molecule has 0 unspecified atom stereocenters. The lowest BCUT2D eigenvalue weighted by Gasteiger charge is -2.12. The van der Waals surface area contributed by atoms with Crippen LogP contribution in [-0.2, 0) is 11.2 Å². The van der Waals surface area contributed by atoms with Crippen molar-refractivity contribution in [2.24, 2.45) is 10.9 Å². The molecule has 1 aromatic rings. The lowest BCUT2D eigenvalue weighted by Crippen LogP contribution is -2.42. The van der Waals surface area contributed by atoms with Gasteiger partial charge in [-0.25, -0.2) is 4.39 Å². The second-order valence-electron chi connectivity index (χ2n) is 5.83. The molecule has 0 heterocycles. The average Bonchev–Trinajstić information content (AvgIpc) is 3.39. The number of amides is 1. The molecule has 1 fully saturated rings. The van der Waals surface area contributed by atoms with Gasteiger partial charge in [0.05, 0.1) is 0 Å². The van der Waals surface area contributed by atoms with Crippen LogP contribution in [0.3, 0.4) is 0 Å². The maximum absolute atomic E-state index is 13.7. The van der Waals surface area contributed by atoms with Crippen LogP contribution in [0.4, 0.5) is 4.39 Å². The summed E-state index contributed by atoms with van der Waals surface area (Å²) in [6.45, 7) is 1.91. The fourth-order valence-electron chi connectivity index (χ4n) is 2.29. The van der Waals surface area contributed by atoms with Crippen molar-refractivity contribution < 1.29 is 9.18 Å². The number of hydrogen-bond donors (Lipinski definition) is 3. The maximum atomic E-state index is 13.7. The number of halogens is 3. The number of aryl methyl sites for hydroxylation is 1. The fraction of sp³-hybridized carbons (Fsp3) is 0.529. The molecule has 1 aliphatic carbocycles. The Labute approximate surface area is 173 Å². The highest BCUT2D eigenvalue weighted by Crippen LogP contribution is 2.28. The molecule has 0 bridgehead atoms. The second kappa shape index (κ2) is 11.7. The van der Waals surface area contributed by atoms with Crippen molar-refractivity contribution in [3.05, 3.63) is 34.1 Å². The minimum Gasteiger partial charge on any atom is -0.356 e. The van der Waals surface area contributed by atoms with E-state index in [1.807, 2.05) is 6.07 Å². The van der Waals surface area contributed by atoms with E-state index in [1.165, 1.54) is 6.07 Å². The molecular weight excluding hydrogens is 502 g/mol. The molecule has 2 rings (SSSR count). The van der Waals surface area contributed by atoms with Gasteiger partial charge >= 0.3 is 0 Å². The minimum absolute atomic E-state index is 0. The number of carbonyl (C=O) groups is 1. The van der Waals surface area contributed by atoms with Crippen LogP contribution in [0.1, 0.15) is 24.8 Å². The number of nitrogens with one attached hydrogen (secondary N) is 3. The van der Waals surface area contributed by atoms with Crippen LogP contribution in [0.5, 0.6) is 0 Å². The number of rotatable bonds is 8. The Morgan fingerprint density at radius 2 is 1.92 bits per heavy atom. The second-order valence-corrected chi connectivity index (χ2v) is 6.75. The summed E-state index contributed by atoms with van der Waals surface area (Å²) in [6, 6.07) is 5.14. The SMILES string of the molecule is CN=C(NCCCc1ccc(Br)cc1F)NCCNC(=O)C1CC1.I. The third kappa shape index (κ3) is 8.35. The summed E-state index contributed by atoms with van der Waals surface area (Å²) in [6.07, 6.45) is 3.50. The molecule has 0 spiro atoms. The molecular formula is C17H25BrFIN4O. The van der Waals surface area contributed by atoms with Gasteiger partial charge < -0.3 is 16.0 Å². The predicted molar refractivity (Wildman–Crippen MR) is 113 cm³/mol. The highest BCUT2D eigenvalue weighted by atomic mass is 127. The zero-order chi connectivity index (χ0) is 17.4. The molecule has 8 heteroatoms. The fourth-order valence-corrected chi connectivity index (χ4v) is 2.62. The van der Waals surface area contributed by atoms with Gasteiger partial charge in [-0.15, -0.1) is 24.0 Å². The van der Waals surface area contributed by atoms with Gasteiger partial charge in [-0.2, -0.15) is 0 Å². The summed E-state index contributed by atoms with van der Waals surface area (Å²) in [5.74, 6) is 0.892. The van der Waals surface area contributed by atoms with Crippen LogP contribution in [-0.4, -0.2) is 38.5 Å². The molecule has 1 aromatic carbocycles. The number of carbonyl (C=O) groups excluding carboxylic acids is 1. The zero-order valence-corrected chi connectivity index (χ0v) is 18.2. The van der Waals surface area contributed by atoms with Gasteiger partial charge in [0.25, 0.3) is 0 Å². The Morgan fingerprint density at radius 3 is 2.56 bits per heavy atom. The van der Waals surface area contributed by atoms with E-state index in [1.54, 1.807) is 13.1 Å². The van der Waals surface area contributed by atoms with Crippen LogP contribution in [0.25, 0.3) is 0 Å². The molecule has 1 saturated carbocycles. The van der Waals surface area contributed by atoms with Crippen molar-refractivity contribution in [1.29, 1.82) is 0 Å². The molecule has 0 atom stereocenters. The molecule has 0 saturated heterocycles. The molecule has 0 radical (unpaired) electrons. The number of guanidine groups is 1. The maximum Gasteiger partial charge on any atom is 0.223 e. The lowest BCUT2D eigenvalue weighted by atomic mass is 10.1. The number of hydrogen-bond acceptors (Lipinski definition) is 2. The van der Waals surface area contributed by atoms with E-state index in [4.69, 9.17) is 0 Å². The molecule has 0 aromatic heterocycles. The molecule has 3 N–H and O–H groups in total. The van der Waals surface area contributed by atoms with Gasteiger partial charge in [0.1, 0.15) is 5.82 Å². The Balaban J connectivity index is 0.00000312. The molecule has 1 amide bonds. The van der Waals surface area contributed by atoms with Crippen molar-refractivity contribution in [1.82, 2.24) is 16.0 Å². The van der Waals surface area contributed by atoms with Crippen LogP contribution in [0.2, 0.25) is 0 Å². The highest BCUT2D eigenvalue weighted by Gasteiger charge is 2.28. The van der Waals surface area contributed by atoms with E-state index < -0.39 is 0 Å². The van der Waals surface area contributed by atoms with Crippen molar-refractivity contribution in [3.8, 4) is 0 Å². The van der Waals surface area contributed by atoms with Gasteiger partial charge in [-0.05, 0) is 43.4 Å². The number of benzene rings is 1. The largest absolute Gasteiger partial charge is 0.356 e. The molecule has 5 nitrogen and oxygen atoms in total. The van der Waals surface area contributed by atoms with Gasteiger partial charge in [0.2, 0.25) is 5.91 Å². The van der Waals surface area contributed by atoms with E-state index in [9.17, 15) is 9.18 Å². The third-order valence-corrected chi connectivity index (χ3v) is 4.31. The summed E-state index contributed by atoms with van der Waals surface area (Å²) < 4.78 is 14.5. The first-order valence-corrected chi connectivity index (χ1v) is 9.05. The van der Waals surface area contributed by atoms with E-state index in [0.29, 0.717) is 37.6 Å². The topological polar surface area (TPSA) is 65.5 Å². The Bertz CT molecular complexity index is 596. The summed E-state index contributed by atoms with van der Waals surface area (Å²) >= 11 is 3.25. The van der Waals surface area contributed by atoms with E-state index >= 15 is 0 Å². The van der Waals surface area contributed by atoms with E-state index in [2.05, 4.69) is 36.9 Å². The van der Waals surface area contributed by atoms with Crippen LogP contribution in [0, 0.1) is 11.7 Å². The standard InChI is InChI=1S/C17H24BrFN4O.HI/c1-20-17(23-10-9-21-16(24)13-4-5-13)22-8-2-3-12-6-7-14(18)11-15(12)19;/h6-7,11,13H,2-5,8-10H2,1H3,(H,21,24)(H2,20,22,23);1H. The smallest absolute Gasteiger partial charge is 0.223 e. The summed E-state index contributed by atoms with van der Waals surface area (Å²) in [5, 5.41) is 9.23. The van der Waals surface area contributed by atoms with Crippen molar-refractivity contribution in [2.45, 2.75) is 25.7 Å². The highest BCUT2D eigenvalue weighted by molar-refractivity contribution is 14.0. The summed E-state index contributed by atoms with van der Waals surface area (Å²) in [7, 11) is 1.70. The molecule has 1 aliphatic rings. The van der Waals surface area contributed by atoms with E-state index in [0.717, 1.165) is 23.7 Å².